The van der Waals surface area contributed by atoms with Crippen molar-refractivity contribution in [3.05, 3.63) is 95.1 Å². The van der Waals surface area contributed by atoms with Crippen LogP contribution in [-0.2, 0) is 10.0 Å². The number of benzene rings is 3. The third-order valence-corrected chi connectivity index (χ3v) is 6.30. The van der Waals surface area contributed by atoms with Gasteiger partial charge in [0, 0.05) is 5.56 Å². The number of rotatable bonds is 6. The van der Waals surface area contributed by atoms with E-state index >= 15 is 0 Å². The molecule has 0 aromatic heterocycles. The van der Waals surface area contributed by atoms with E-state index in [2.05, 4.69) is 10.0 Å². The number of nitrogens with one attached hydrogen (secondary N) is 2. The first-order valence-electron chi connectivity index (χ1n) is 9.33. The van der Waals surface area contributed by atoms with Crippen molar-refractivity contribution in [1.82, 2.24) is 5.32 Å². The lowest BCUT2D eigenvalue weighted by Gasteiger charge is -2.15. The molecule has 0 saturated carbocycles. The Morgan fingerprint density at radius 2 is 1.52 bits per heavy atom. The van der Waals surface area contributed by atoms with E-state index in [9.17, 15) is 13.2 Å². The number of anilines is 1. The van der Waals surface area contributed by atoms with Gasteiger partial charge < -0.3 is 5.32 Å². The van der Waals surface area contributed by atoms with Crippen LogP contribution in [-0.4, -0.2) is 14.3 Å². The van der Waals surface area contributed by atoms with Gasteiger partial charge in [0.15, 0.2) is 0 Å². The van der Waals surface area contributed by atoms with Crippen LogP contribution in [0.15, 0.2) is 77.7 Å². The fraction of sp³-hybridized carbons (Fsp3) is 0.174. The monoisotopic (exact) mass is 408 g/mol. The molecule has 0 aliphatic carbocycles. The Labute approximate surface area is 171 Å². The summed E-state index contributed by atoms with van der Waals surface area (Å²) in [5, 5.41) is 2.92. The zero-order chi connectivity index (χ0) is 21.0. The zero-order valence-electron chi connectivity index (χ0n) is 16.6. The highest BCUT2D eigenvalue weighted by Gasteiger charge is 2.17. The van der Waals surface area contributed by atoms with E-state index in [0.717, 1.165) is 16.7 Å². The molecule has 0 heterocycles. The first-order chi connectivity index (χ1) is 13.8. The topological polar surface area (TPSA) is 75.3 Å². The molecule has 1 atom stereocenters. The number of hydrogen-bond acceptors (Lipinski definition) is 3. The van der Waals surface area contributed by atoms with Crippen molar-refractivity contribution in [3.63, 3.8) is 0 Å². The maximum atomic E-state index is 12.7. The summed E-state index contributed by atoms with van der Waals surface area (Å²) in [5.41, 5.74) is 3.83. The van der Waals surface area contributed by atoms with Gasteiger partial charge in [-0.25, -0.2) is 8.42 Å². The van der Waals surface area contributed by atoms with Crippen molar-refractivity contribution in [2.24, 2.45) is 0 Å². The van der Waals surface area contributed by atoms with Gasteiger partial charge in [0.2, 0.25) is 0 Å². The summed E-state index contributed by atoms with van der Waals surface area (Å²) >= 11 is 0. The Morgan fingerprint density at radius 3 is 2.17 bits per heavy atom. The van der Waals surface area contributed by atoms with E-state index in [-0.39, 0.29) is 16.8 Å². The van der Waals surface area contributed by atoms with Crippen LogP contribution in [0.1, 0.15) is 40.0 Å². The molecule has 0 bridgehead atoms. The lowest BCUT2D eigenvalue weighted by Crippen LogP contribution is -2.26. The number of carbonyl (C=O) groups excluding carboxylic acids is 1. The average Bonchev–Trinajstić information content (AvgIpc) is 2.72. The number of amides is 1. The molecule has 150 valence electrons. The molecule has 3 aromatic rings. The Bertz CT molecular complexity index is 1110. The standard InChI is InChI=1S/C23H24N2O3S/c1-16-8-7-11-22(17(16)2)25-29(27,28)21-14-12-20(13-15-21)23(26)24-18(3)19-9-5-4-6-10-19/h4-15,18,25H,1-3H3,(H,24,26)/t18-/m0/s1. The predicted octanol–water partition coefficient (Wildman–Crippen LogP) is 4.60. The van der Waals surface area contributed by atoms with Crippen LogP contribution in [0.2, 0.25) is 0 Å². The molecule has 6 heteroatoms. The molecular formula is C23H24N2O3S. The fourth-order valence-corrected chi connectivity index (χ4v) is 4.08. The average molecular weight is 409 g/mol. The van der Waals surface area contributed by atoms with Crippen LogP contribution in [0.25, 0.3) is 0 Å². The summed E-state index contributed by atoms with van der Waals surface area (Å²) in [6, 6.07) is 20.9. The fourth-order valence-electron chi connectivity index (χ4n) is 2.96. The van der Waals surface area contributed by atoms with Crippen molar-refractivity contribution >= 4 is 21.6 Å². The molecule has 0 spiro atoms. The van der Waals surface area contributed by atoms with E-state index in [4.69, 9.17) is 0 Å². The van der Waals surface area contributed by atoms with Gasteiger partial charge in [-0.05, 0) is 67.8 Å². The molecule has 5 nitrogen and oxygen atoms in total. The number of hydrogen-bond donors (Lipinski definition) is 2. The second-order valence-corrected chi connectivity index (χ2v) is 8.67. The Kier molecular flexibility index (Phi) is 6.03. The van der Waals surface area contributed by atoms with Crippen LogP contribution in [0.5, 0.6) is 0 Å². The van der Waals surface area contributed by atoms with Gasteiger partial charge in [0.25, 0.3) is 15.9 Å². The van der Waals surface area contributed by atoms with Gasteiger partial charge in [-0.15, -0.1) is 0 Å². The van der Waals surface area contributed by atoms with Gasteiger partial charge in [0.05, 0.1) is 16.6 Å². The molecule has 0 saturated heterocycles. The Hall–Kier alpha value is -3.12. The van der Waals surface area contributed by atoms with Crippen LogP contribution in [0.4, 0.5) is 5.69 Å². The largest absolute Gasteiger partial charge is 0.346 e. The van der Waals surface area contributed by atoms with Gasteiger partial charge in [-0.3, -0.25) is 9.52 Å². The summed E-state index contributed by atoms with van der Waals surface area (Å²) < 4.78 is 28.0. The minimum Gasteiger partial charge on any atom is -0.346 e. The molecule has 3 rings (SSSR count). The lowest BCUT2D eigenvalue weighted by molar-refractivity contribution is 0.0940. The third-order valence-electron chi connectivity index (χ3n) is 4.92. The zero-order valence-corrected chi connectivity index (χ0v) is 17.5. The molecule has 1 amide bonds. The minimum absolute atomic E-state index is 0.103. The minimum atomic E-state index is -3.74. The molecule has 0 unspecified atom stereocenters. The van der Waals surface area contributed by atoms with Crippen molar-refractivity contribution < 1.29 is 13.2 Å². The van der Waals surface area contributed by atoms with Crippen LogP contribution >= 0.6 is 0 Å². The van der Waals surface area contributed by atoms with E-state index in [0.29, 0.717) is 11.3 Å². The molecule has 2 N–H and O–H groups in total. The number of carbonyl (C=O) groups is 1. The normalized spacial score (nSPS) is 12.2. The van der Waals surface area contributed by atoms with Gasteiger partial charge in [-0.1, -0.05) is 42.5 Å². The summed E-state index contributed by atoms with van der Waals surface area (Å²) in [4.78, 5) is 12.6. The van der Waals surface area contributed by atoms with Gasteiger partial charge in [0.1, 0.15) is 0 Å². The van der Waals surface area contributed by atoms with Crippen molar-refractivity contribution in [2.75, 3.05) is 4.72 Å². The first kappa shape index (κ1) is 20.6. The molecule has 0 radical (unpaired) electrons. The first-order valence-corrected chi connectivity index (χ1v) is 10.8. The van der Waals surface area contributed by atoms with E-state index in [1.54, 1.807) is 6.07 Å². The van der Waals surface area contributed by atoms with Gasteiger partial charge >= 0.3 is 0 Å². The summed E-state index contributed by atoms with van der Waals surface area (Å²) in [7, 11) is -3.74. The molecule has 0 aliphatic heterocycles. The maximum absolute atomic E-state index is 12.7. The summed E-state index contributed by atoms with van der Waals surface area (Å²) in [6.07, 6.45) is 0. The van der Waals surface area contributed by atoms with Gasteiger partial charge in [-0.2, -0.15) is 0 Å². The summed E-state index contributed by atoms with van der Waals surface area (Å²) in [6.45, 7) is 5.70. The number of aryl methyl sites for hydroxylation is 1. The molecule has 0 aliphatic rings. The van der Waals surface area contributed by atoms with E-state index in [1.165, 1.54) is 24.3 Å². The van der Waals surface area contributed by atoms with E-state index in [1.807, 2.05) is 63.2 Å². The van der Waals surface area contributed by atoms with Crippen LogP contribution < -0.4 is 10.0 Å². The lowest BCUT2D eigenvalue weighted by atomic mass is 10.1. The van der Waals surface area contributed by atoms with Crippen molar-refractivity contribution in [2.45, 2.75) is 31.7 Å². The highest BCUT2D eigenvalue weighted by atomic mass is 32.2. The predicted molar refractivity (Wildman–Crippen MR) is 115 cm³/mol. The second kappa shape index (κ2) is 8.49. The second-order valence-electron chi connectivity index (χ2n) is 6.98. The SMILES string of the molecule is Cc1cccc(NS(=O)(=O)c2ccc(C(=O)N[C@@H](C)c3ccccc3)cc2)c1C. The number of sulfonamides is 1. The van der Waals surface area contributed by atoms with E-state index < -0.39 is 10.0 Å². The van der Waals surface area contributed by atoms with Crippen LogP contribution in [0, 0.1) is 13.8 Å². The van der Waals surface area contributed by atoms with Crippen LogP contribution in [0.3, 0.4) is 0 Å². The Balaban J connectivity index is 1.73. The smallest absolute Gasteiger partial charge is 0.261 e. The molecule has 3 aromatic carbocycles. The molecular weight excluding hydrogens is 384 g/mol. The Morgan fingerprint density at radius 1 is 0.862 bits per heavy atom. The maximum Gasteiger partial charge on any atom is 0.261 e. The third kappa shape index (κ3) is 4.84. The highest BCUT2D eigenvalue weighted by molar-refractivity contribution is 7.92. The summed E-state index contributed by atoms with van der Waals surface area (Å²) in [5.74, 6) is -0.257. The molecule has 0 fully saturated rings. The quantitative estimate of drug-likeness (QED) is 0.626. The van der Waals surface area contributed by atoms with Crippen molar-refractivity contribution in [1.29, 1.82) is 0 Å². The van der Waals surface area contributed by atoms with Crippen molar-refractivity contribution in [3.8, 4) is 0 Å². The highest BCUT2D eigenvalue weighted by Crippen LogP contribution is 2.22. The molecule has 29 heavy (non-hydrogen) atoms.